The lowest BCUT2D eigenvalue weighted by Crippen LogP contribution is -2.61. The highest BCUT2D eigenvalue weighted by Crippen LogP contribution is 2.45. The molecule has 31 heavy (non-hydrogen) atoms. The van der Waals surface area contributed by atoms with E-state index >= 15 is 0 Å². The van der Waals surface area contributed by atoms with Gasteiger partial charge in [-0.05, 0) is 48.9 Å². The summed E-state index contributed by atoms with van der Waals surface area (Å²) >= 11 is 0. The molecule has 0 N–H and O–H groups in total. The Morgan fingerprint density at radius 1 is 0.968 bits per heavy atom. The Labute approximate surface area is 182 Å². The molecule has 2 aliphatic heterocycles. The third kappa shape index (κ3) is 3.03. The molecule has 0 radical (unpaired) electrons. The molecule has 1 spiro atoms. The van der Waals surface area contributed by atoms with Crippen molar-refractivity contribution in [3.63, 3.8) is 0 Å². The van der Waals surface area contributed by atoms with Gasteiger partial charge in [-0.3, -0.25) is 0 Å². The SMILES string of the molecule is O=S(=O)(c1ccc2c(c1)CCCC2)N1CC2(C1)OCc1nc(-c3ccccc3)ncc12. The number of rotatable bonds is 3. The first kappa shape index (κ1) is 19.1. The summed E-state index contributed by atoms with van der Waals surface area (Å²) in [7, 11) is -3.54. The van der Waals surface area contributed by atoms with E-state index in [2.05, 4.69) is 4.98 Å². The molecule has 0 unspecified atom stereocenters. The van der Waals surface area contributed by atoms with Crippen LogP contribution in [0.5, 0.6) is 0 Å². The number of aryl methyl sites for hydroxylation is 2. The van der Waals surface area contributed by atoms with Crippen LogP contribution in [0.25, 0.3) is 11.4 Å². The fourth-order valence-corrected chi connectivity index (χ4v) is 6.48. The van der Waals surface area contributed by atoms with Gasteiger partial charge in [0.15, 0.2) is 5.82 Å². The summed E-state index contributed by atoms with van der Waals surface area (Å²) in [6.45, 7) is 0.978. The molecule has 1 fully saturated rings. The number of fused-ring (bicyclic) bond motifs is 3. The van der Waals surface area contributed by atoms with Crippen LogP contribution in [0, 0.1) is 0 Å². The molecule has 0 saturated carbocycles. The smallest absolute Gasteiger partial charge is 0.243 e. The Kier molecular flexibility index (Phi) is 4.28. The van der Waals surface area contributed by atoms with Crippen molar-refractivity contribution in [2.75, 3.05) is 13.1 Å². The first-order valence-corrected chi connectivity index (χ1v) is 12.2. The third-order valence-corrected chi connectivity index (χ3v) is 8.48. The maximum absolute atomic E-state index is 13.2. The van der Waals surface area contributed by atoms with Gasteiger partial charge in [-0.25, -0.2) is 18.4 Å². The molecule has 158 valence electrons. The van der Waals surface area contributed by atoms with E-state index in [9.17, 15) is 8.42 Å². The lowest BCUT2D eigenvalue weighted by molar-refractivity contribution is -0.112. The second kappa shape index (κ2) is 6.95. The van der Waals surface area contributed by atoms with Crippen LogP contribution in [0.3, 0.4) is 0 Å². The van der Waals surface area contributed by atoms with Crippen molar-refractivity contribution < 1.29 is 13.2 Å². The van der Waals surface area contributed by atoms with Crippen LogP contribution in [0.4, 0.5) is 0 Å². The lowest BCUT2D eigenvalue weighted by atomic mass is 9.90. The van der Waals surface area contributed by atoms with E-state index < -0.39 is 15.6 Å². The number of sulfonamides is 1. The van der Waals surface area contributed by atoms with E-state index in [0.717, 1.165) is 36.1 Å². The quantitative estimate of drug-likeness (QED) is 0.633. The van der Waals surface area contributed by atoms with Crippen molar-refractivity contribution in [1.82, 2.24) is 14.3 Å². The molecule has 6 rings (SSSR count). The zero-order valence-electron chi connectivity index (χ0n) is 17.1. The van der Waals surface area contributed by atoms with Gasteiger partial charge in [0.2, 0.25) is 10.0 Å². The average Bonchev–Trinajstić information content (AvgIpc) is 3.17. The van der Waals surface area contributed by atoms with Crippen LogP contribution in [-0.2, 0) is 39.8 Å². The topological polar surface area (TPSA) is 72.4 Å². The second-order valence-electron chi connectivity index (χ2n) is 8.61. The van der Waals surface area contributed by atoms with Gasteiger partial charge in [0, 0.05) is 30.4 Å². The van der Waals surface area contributed by atoms with Gasteiger partial charge in [0.05, 0.1) is 17.2 Å². The normalized spacial score (nSPS) is 19.6. The van der Waals surface area contributed by atoms with Gasteiger partial charge in [0.1, 0.15) is 5.60 Å². The zero-order valence-corrected chi connectivity index (χ0v) is 17.9. The average molecular weight is 434 g/mol. The Morgan fingerprint density at radius 2 is 1.74 bits per heavy atom. The number of aromatic nitrogens is 2. The van der Waals surface area contributed by atoms with E-state index in [1.807, 2.05) is 42.5 Å². The van der Waals surface area contributed by atoms with E-state index in [0.29, 0.717) is 30.4 Å². The molecule has 3 aliphatic rings. The van der Waals surface area contributed by atoms with Gasteiger partial charge >= 0.3 is 0 Å². The fraction of sp³-hybridized carbons (Fsp3) is 0.333. The summed E-state index contributed by atoms with van der Waals surface area (Å²) in [5, 5.41) is 0. The van der Waals surface area contributed by atoms with Crippen LogP contribution in [0.15, 0.2) is 59.6 Å². The maximum Gasteiger partial charge on any atom is 0.243 e. The van der Waals surface area contributed by atoms with Crippen LogP contribution >= 0.6 is 0 Å². The zero-order chi connectivity index (χ0) is 21.1. The minimum atomic E-state index is -3.54. The molecule has 1 saturated heterocycles. The van der Waals surface area contributed by atoms with Crippen molar-refractivity contribution in [3.8, 4) is 11.4 Å². The van der Waals surface area contributed by atoms with Crippen molar-refractivity contribution in [2.24, 2.45) is 0 Å². The predicted octanol–water partition coefficient (Wildman–Crippen LogP) is 3.45. The summed E-state index contributed by atoms with van der Waals surface area (Å²) < 4.78 is 34.1. The molecule has 1 aliphatic carbocycles. The highest BCUT2D eigenvalue weighted by atomic mass is 32.2. The highest BCUT2D eigenvalue weighted by Gasteiger charge is 2.55. The Bertz CT molecular complexity index is 1270. The number of nitrogens with zero attached hydrogens (tertiary/aromatic N) is 3. The third-order valence-electron chi connectivity index (χ3n) is 6.70. The summed E-state index contributed by atoms with van der Waals surface area (Å²) in [6, 6.07) is 15.4. The standard InChI is InChI=1S/C24H23N3O3S/c28-31(29,20-11-10-17-6-4-5-9-19(17)12-20)27-15-24(16-27)21-13-25-23(26-22(21)14-30-24)18-7-2-1-3-8-18/h1-3,7-8,10-13H,4-6,9,14-16H2. The summed E-state index contributed by atoms with van der Waals surface area (Å²) in [4.78, 5) is 9.61. The number of hydrogen-bond acceptors (Lipinski definition) is 5. The van der Waals surface area contributed by atoms with Gasteiger partial charge in [-0.15, -0.1) is 0 Å². The monoisotopic (exact) mass is 433 g/mol. The van der Waals surface area contributed by atoms with Crippen LogP contribution < -0.4 is 0 Å². The summed E-state index contributed by atoms with van der Waals surface area (Å²) in [6.07, 6.45) is 6.11. The van der Waals surface area contributed by atoms with Crippen molar-refractivity contribution >= 4 is 10.0 Å². The largest absolute Gasteiger partial charge is 0.361 e. The molecule has 0 amide bonds. The second-order valence-corrected chi connectivity index (χ2v) is 10.6. The molecular weight excluding hydrogens is 410 g/mol. The van der Waals surface area contributed by atoms with E-state index in [1.165, 1.54) is 21.9 Å². The van der Waals surface area contributed by atoms with E-state index in [-0.39, 0.29) is 0 Å². The minimum absolute atomic E-state index is 0.299. The molecule has 0 bridgehead atoms. The molecule has 3 aromatic rings. The molecule has 3 heterocycles. The Hall–Kier alpha value is -2.61. The fourth-order valence-electron chi connectivity index (χ4n) is 4.89. The van der Waals surface area contributed by atoms with Crippen molar-refractivity contribution in [2.45, 2.75) is 42.8 Å². The summed E-state index contributed by atoms with van der Waals surface area (Å²) in [5.41, 5.74) is 4.53. The molecule has 2 aromatic carbocycles. The lowest BCUT2D eigenvalue weighted by Gasteiger charge is -2.46. The molecule has 7 heteroatoms. The minimum Gasteiger partial charge on any atom is -0.361 e. The molecule has 0 atom stereocenters. The number of hydrogen-bond donors (Lipinski definition) is 0. The highest BCUT2D eigenvalue weighted by molar-refractivity contribution is 7.89. The van der Waals surface area contributed by atoms with E-state index in [1.54, 1.807) is 12.3 Å². The number of ether oxygens (including phenoxy) is 1. The first-order valence-electron chi connectivity index (χ1n) is 10.7. The van der Waals surface area contributed by atoms with Crippen LogP contribution in [0.2, 0.25) is 0 Å². The first-order chi connectivity index (χ1) is 15.1. The van der Waals surface area contributed by atoms with E-state index in [4.69, 9.17) is 9.72 Å². The predicted molar refractivity (Wildman–Crippen MR) is 116 cm³/mol. The van der Waals surface area contributed by atoms with Gasteiger partial charge in [0.25, 0.3) is 0 Å². The van der Waals surface area contributed by atoms with Crippen molar-refractivity contribution in [3.05, 3.63) is 77.1 Å². The summed E-state index contributed by atoms with van der Waals surface area (Å²) in [5.74, 6) is 0.665. The molecule has 6 nitrogen and oxygen atoms in total. The van der Waals surface area contributed by atoms with Gasteiger partial charge in [-0.1, -0.05) is 36.4 Å². The molecular formula is C24H23N3O3S. The van der Waals surface area contributed by atoms with Crippen LogP contribution in [0.1, 0.15) is 35.2 Å². The maximum atomic E-state index is 13.2. The van der Waals surface area contributed by atoms with Gasteiger partial charge < -0.3 is 4.74 Å². The Balaban J connectivity index is 1.25. The van der Waals surface area contributed by atoms with Crippen LogP contribution in [-0.4, -0.2) is 35.8 Å². The van der Waals surface area contributed by atoms with Gasteiger partial charge in [-0.2, -0.15) is 4.31 Å². The van der Waals surface area contributed by atoms with Crippen molar-refractivity contribution in [1.29, 1.82) is 0 Å². The molecule has 1 aromatic heterocycles. The number of benzene rings is 2. The Morgan fingerprint density at radius 3 is 2.55 bits per heavy atom.